The number of hydrogen-bond acceptors (Lipinski definition) is 4. The molecule has 0 saturated carbocycles. The van der Waals surface area contributed by atoms with E-state index in [2.05, 4.69) is 5.32 Å². The number of hydrogen-bond donors (Lipinski definition) is 1. The van der Waals surface area contributed by atoms with Gasteiger partial charge in [-0.1, -0.05) is 29.8 Å². The van der Waals surface area contributed by atoms with Crippen LogP contribution >= 0.6 is 23.4 Å². The lowest BCUT2D eigenvalue weighted by Crippen LogP contribution is -2.36. The second-order valence-electron chi connectivity index (χ2n) is 6.40. The number of rotatable bonds is 4. The summed E-state index contributed by atoms with van der Waals surface area (Å²) in [5.41, 5.74) is 0.754. The van der Waals surface area contributed by atoms with Crippen LogP contribution in [-0.4, -0.2) is 28.5 Å². The lowest BCUT2D eigenvalue weighted by atomic mass is 10.1. The minimum Gasteiger partial charge on any atom is -0.324 e. The van der Waals surface area contributed by atoms with Crippen LogP contribution in [0.2, 0.25) is 5.02 Å². The summed E-state index contributed by atoms with van der Waals surface area (Å²) in [6.07, 6.45) is -3.16. The quantitative estimate of drug-likeness (QED) is 0.633. The average Bonchev–Trinajstić information content (AvgIpc) is 2.92. The number of carbonyl (C=O) groups excluding carboxylic acids is 3. The van der Waals surface area contributed by atoms with E-state index in [0.717, 1.165) is 22.6 Å². The van der Waals surface area contributed by atoms with Gasteiger partial charge in [0.25, 0.3) is 11.1 Å². The number of halogens is 4. The van der Waals surface area contributed by atoms with Gasteiger partial charge in [0.05, 0.1) is 10.5 Å². The van der Waals surface area contributed by atoms with Crippen LogP contribution in [0.15, 0.2) is 47.4 Å². The predicted octanol–water partition coefficient (Wildman–Crippen LogP) is 5.34. The molecular formula is C20H14ClF3N2O3S. The van der Waals surface area contributed by atoms with Gasteiger partial charge in [-0.3, -0.25) is 19.3 Å². The molecule has 0 unspecified atom stereocenters. The smallest absolute Gasteiger partial charge is 0.324 e. The summed E-state index contributed by atoms with van der Waals surface area (Å²) in [5.74, 6) is -1.28. The molecule has 0 atom stereocenters. The fourth-order valence-electron chi connectivity index (χ4n) is 2.57. The number of carbonyl (C=O) groups is 3. The van der Waals surface area contributed by atoms with Crippen LogP contribution in [0.1, 0.15) is 16.7 Å². The van der Waals surface area contributed by atoms with E-state index in [9.17, 15) is 27.6 Å². The number of imide groups is 1. The van der Waals surface area contributed by atoms with Gasteiger partial charge in [-0.2, -0.15) is 13.2 Å². The Morgan fingerprint density at radius 1 is 1.17 bits per heavy atom. The average molecular weight is 455 g/mol. The van der Waals surface area contributed by atoms with E-state index < -0.39 is 35.3 Å². The molecule has 5 nitrogen and oxygen atoms in total. The molecule has 2 aromatic carbocycles. The Morgan fingerprint density at radius 3 is 2.43 bits per heavy atom. The largest absolute Gasteiger partial charge is 0.416 e. The molecule has 10 heteroatoms. The van der Waals surface area contributed by atoms with Gasteiger partial charge < -0.3 is 5.32 Å². The molecule has 2 aromatic rings. The molecule has 1 heterocycles. The molecule has 1 fully saturated rings. The minimum atomic E-state index is -4.47. The van der Waals surface area contributed by atoms with Crippen molar-refractivity contribution in [2.45, 2.75) is 13.1 Å². The van der Waals surface area contributed by atoms with Crippen molar-refractivity contribution in [3.05, 3.63) is 69.1 Å². The molecule has 30 heavy (non-hydrogen) atoms. The van der Waals surface area contributed by atoms with Crippen LogP contribution in [0.25, 0.3) is 6.08 Å². The van der Waals surface area contributed by atoms with Crippen LogP contribution in [0.5, 0.6) is 0 Å². The molecule has 0 radical (unpaired) electrons. The van der Waals surface area contributed by atoms with Gasteiger partial charge in [0, 0.05) is 10.7 Å². The van der Waals surface area contributed by atoms with Gasteiger partial charge >= 0.3 is 6.18 Å². The first-order valence-electron chi connectivity index (χ1n) is 8.53. The Balaban J connectivity index is 1.68. The van der Waals surface area contributed by atoms with E-state index in [1.807, 2.05) is 0 Å². The van der Waals surface area contributed by atoms with Gasteiger partial charge in [-0.25, -0.2) is 0 Å². The summed E-state index contributed by atoms with van der Waals surface area (Å²) in [4.78, 5) is 37.6. The molecule has 1 N–H and O–H groups in total. The molecule has 3 rings (SSSR count). The van der Waals surface area contributed by atoms with Gasteiger partial charge in [-0.15, -0.1) is 0 Å². The first-order chi connectivity index (χ1) is 14.0. The highest BCUT2D eigenvalue weighted by molar-refractivity contribution is 8.18. The molecule has 156 valence electrons. The molecule has 0 bridgehead atoms. The van der Waals surface area contributed by atoms with Crippen LogP contribution < -0.4 is 5.32 Å². The van der Waals surface area contributed by atoms with Crippen molar-refractivity contribution in [2.75, 3.05) is 11.9 Å². The van der Waals surface area contributed by atoms with Crippen molar-refractivity contribution in [1.29, 1.82) is 0 Å². The first-order valence-corrected chi connectivity index (χ1v) is 9.72. The third kappa shape index (κ3) is 5.03. The van der Waals surface area contributed by atoms with Crippen molar-refractivity contribution in [3.63, 3.8) is 0 Å². The van der Waals surface area contributed by atoms with Crippen molar-refractivity contribution < 1.29 is 27.6 Å². The maximum Gasteiger partial charge on any atom is 0.416 e. The van der Waals surface area contributed by atoms with Crippen molar-refractivity contribution in [1.82, 2.24) is 4.90 Å². The summed E-state index contributed by atoms with van der Waals surface area (Å²) < 4.78 is 37.9. The van der Waals surface area contributed by atoms with E-state index in [1.54, 1.807) is 25.1 Å². The summed E-state index contributed by atoms with van der Waals surface area (Å²) in [7, 11) is 0. The van der Waals surface area contributed by atoms with Crippen LogP contribution in [0, 0.1) is 6.92 Å². The highest BCUT2D eigenvalue weighted by atomic mass is 35.5. The maximum absolute atomic E-state index is 12.6. The normalized spacial score (nSPS) is 15.8. The first kappa shape index (κ1) is 21.9. The van der Waals surface area contributed by atoms with Crippen molar-refractivity contribution in [3.8, 4) is 0 Å². The molecular weight excluding hydrogens is 441 g/mol. The number of thioether (sulfide) groups is 1. The zero-order valence-electron chi connectivity index (χ0n) is 15.4. The molecule has 0 aliphatic carbocycles. The fraction of sp³-hybridized carbons (Fsp3) is 0.150. The van der Waals surface area contributed by atoms with E-state index >= 15 is 0 Å². The lowest BCUT2D eigenvalue weighted by Gasteiger charge is -2.13. The third-order valence-corrected chi connectivity index (χ3v) is 5.48. The molecule has 1 saturated heterocycles. The van der Waals surface area contributed by atoms with Gasteiger partial charge in [-0.05, 0) is 60.2 Å². The van der Waals surface area contributed by atoms with Crippen LogP contribution in [0.4, 0.5) is 23.7 Å². The summed E-state index contributed by atoms with van der Waals surface area (Å²) in [6, 6.07) is 9.07. The number of amides is 3. The number of nitrogens with one attached hydrogen (secondary N) is 1. The molecule has 0 aromatic heterocycles. The topological polar surface area (TPSA) is 66.5 Å². The number of anilines is 1. The van der Waals surface area contributed by atoms with Gasteiger partial charge in [0.2, 0.25) is 5.91 Å². The molecule has 3 amide bonds. The van der Waals surface area contributed by atoms with Crippen LogP contribution in [0.3, 0.4) is 0 Å². The Labute approximate surface area is 178 Å². The molecule has 1 aliphatic heterocycles. The zero-order valence-corrected chi connectivity index (χ0v) is 17.0. The second-order valence-corrected chi connectivity index (χ2v) is 7.80. The zero-order chi connectivity index (χ0) is 22.1. The molecule has 0 spiro atoms. The number of aryl methyl sites for hydroxylation is 1. The van der Waals surface area contributed by atoms with E-state index in [4.69, 9.17) is 11.6 Å². The number of nitrogens with zero attached hydrogens (tertiary/aromatic N) is 1. The monoisotopic (exact) mass is 454 g/mol. The Kier molecular flexibility index (Phi) is 6.23. The Bertz CT molecular complexity index is 1050. The summed E-state index contributed by atoms with van der Waals surface area (Å²) in [6.45, 7) is 1.30. The maximum atomic E-state index is 12.6. The SMILES string of the molecule is Cc1ccc(NC(=O)CN2C(=O)SC(=Cc3ccc(C(F)(F)F)cc3)C2=O)cc1Cl. The highest BCUT2D eigenvalue weighted by Gasteiger charge is 2.36. The highest BCUT2D eigenvalue weighted by Crippen LogP contribution is 2.33. The molecule has 1 aliphatic rings. The number of benzene rings is 2. The second kappa shape index (κ2) is 8.53. The van der Waals surface area contributed by atoms with E-state index in [-0.39, 0.29) is 4.91 Å². The van der Waals surface area contributed by atoms with Crippen LogP contribution in [-0.2, 0) is 15.8 Å². The Morgan fingerprint density at radius 2 is 1.83 bits per heavy atom. The standard InChI is InChI=1S/C20H14ClF3N2O3S/c1-11-2-7-14(9-15(11)21)25-17(27)10-26-18(28)16(30-19(26)29)8-12-3-5-13(6-4-12)20(22,23)24/h2-9H,10H2,1H3,(H,25,27). The number of alkyl halides is 3. The predicted molar refractivity (Wildman–Crippen MR) is 109 cm³/mol. The van der Waals surface area contributed by atoms with E-state index in [0.29, 0.717) is 28.0 Å². The summed E-state index contributed by atoms with van der Waals surface area (Å²) in [5, 5.41) is 2.37. The van der Waals surface area contributed by atoms with Gasteiger partial charge in [0.1, 0.15) is 6.54 Å². The Hall–Kier alpha value is -2.78. The lowest BCUT2D eigenvalue weighted by molar-refractivity contribution is -0.137. The van der Waals surface area contributed by atoms with Crippen molar-refractivity contribution >= 4 is 52.2 Å². The summed E-state index contributed by atoms with van der Waals surface area (Å²) >= 11 is 6.62. The third-order valence-electron chi connectivity index (χ3n) is 4.17. The van der Waals surface area contributed by atoms with Gasteiger partial charge in [0.15, 0.2) is 0 Å². The minimum absolute atomic E-state index is 0.0194. The fourth-order valence-corrected chi connectivity index (χ4v) is 3.59. The van der Waals surface area contributed by atoms with E-state index in [1.165, 1.54) is 18.2 Å². The van der Waals surface area contributed by atoms with Crippen molar-refractivity contribution in [2.24, 2.45) is 0 Å².